The molecular formula is C30H39N5O9S. The van der Waals surface area contributed by atoms with Crippen molar-refractivity contribution in [1.29, 1.82) is 0 Å². The smallest absolute Gasteiger partial charge is 0.407 e. The van der Waals surface area contributed by atoms with Crippen LogP contribution in [0.3, 0.4) is 0 Å². The van der Waals surface area contributed by atoms with Crippen LogP contribution in [-0.2, 0) is 35.6 Å². The number of aryl methyl sites for hydroxylation is 2. The summed E-state index contributed by atoms with van der Waals surface area (Å²) in [5, 5.41) is 2.54. The molecule has 0 bridgehead atoms. The zero-order valence-corrected chi connectivity index (χ0v) is 27.1. The maximum absolute atomic E-state index is 14.2. The van der Waals surface area contributed by atoms with Crippen LogP contribution in [0.5, 0.6) is 0 Å². The summed E-state index contributed by atoms with van der Waals surface area (Å²) in [6.45, 7) is 9.82. The Labute approximate surface area is 261 Å². The van der Waals surface area contributed by atoms with Crippen LogP contribution in [0.4, 0.5) is 4.79 Å². The number of benzene rings is 2. The van der Waals surface area contributed by atoms with Crippen molar-refractivity contribution in [2.45, 2.75) is 46.1 Å². The Kier molecular flexibility index (Phi) is 12.2. The molecule has 15 heteroatoms. The van der Waals surface area contributed by atoms with Crippen molar-refractivity contribution < 1.29 is 37.0 Å². The number of alkyl carbamates (subject to hydrolysis) is 1. The molecule has 0 radical (unpaired) electrons. The molecule has 0 unspecified atom stereocenters. The highest BCUT2D eigenvalue weighted by Gasteiger charge is 2.25. The Balaban J connectivity index is 2.00. The largest absolute Gasteiger partial charge is 0.463 e. The normalized spacial score (nSPS) is 11.4. The maximum Gasteiger partial charge on any atom is 0.407 e. The Morgan fingerprint density at radius 2 is 1.71 bits per heavy atom. The third-order valence-corrected chi connectivity index (χ3v) is 8.50. The lowest BCUT2D eigenvalue weighted by atomic mass is 9.98. The van der Waals surface area contributed by atoms with Crippen molar-refractivity contribution in [3.63, 3.8) is 0 Å². The van der Waals surface area contributed by atoms with Gasteiger partial charge in [0.05, 0.1) is 41.9 Å². The number of para-hydroxylation sites is 1. The van der Waals surface area contributed by atoms with Crippen LogP contribution in [0, 0.1) is 13.8 Å². The lowest BCUT2D eigenvalue weighted by molar-refractivity contribution is -0.144. The minimum atomic E-state index is -4.05. The third-order valence-electron chi connectivity index (χ3n) is 7.04. The Hall–Kier alpha value is -4.34. The first-order valence-electron chi connectivity index (χ1n) is 14.4. The number of aromatic nitrogens is 2. The molecule has 0 spiro atoms. The molecule has 0 aliphatic rings. The molecule has 3 aromatic rings. The summed E-state index contributed by atoms with van der Waals surface area (Å²) in [6, 6.07) is 7.34. The standard InChI is InChI=1S/C30H39N5O9S/c1-7-34(8-2)17-25(36)43-15-14-32-30(39)44-18-24-33-21-16-19(4)26(29(38)42-9-3)20(5)27(21)28(37)35(24)22-12-10-11-13-23(22)45(40,41)31-6/h10-13,16,31H,7-9,14-15,17-18H2,1-6H3,(H,32,39). The second kappa shape index (κ2) is 15.6. The van der Waals surface area contributed by atoms with Gasteiger partial charge in [-0.1, -0.05) is 26.0 Å². The number of hydrogen-bond acceptors (Lipinski definition) is 11. The minimum Gasteiger partial charge on any atom is -0.463 e. The van der Waals surface area contributed by atoms with Gasteiger partial charge in [0.1, 0.15) is 11.5 Å². The van der Waals surface area contributed by atoms with Crippen molar-refractivity contribution in [2.24, 2.45) is 0 Å². The molecule has 0 aliphatic carbocycles. The van der Waals surface area contributed by atoms with E-state index in [1.807, 2.05) is 18.7 Å². The number of carbonyl (C=O) groups excluding carboxylic acids is 3. The number of sulfonamides is 1. The summed E-state index contributed by atoms with van der Waals surface area (Å²) in [7, 11) is -2.81. The quantitative estimate of drug-likeness (QED) is 0.149. The second-order valence-electron chi connectivity index (χ2n) is 9.84. The number of hydrogen-bond donors (Lipinski definition) is 2. The topological polar surface area (TPSA) is 175 Å². The molecule has 1 heterocycles. The van der Waals surface area contributed by atoms with Crippen LogP contribution < -0.4 is 15.6 Å². The number of esters is 2. The van der Waals surface area contributed by atoms with Crippen LogP contribution >= 0.6 is 0 Å². The summed E-state index contributed by atoms with van der Waals surface area (Å²) in [6.07, 6.45) is -0.878. The molecule has 45 heavy (non-hydrogen) atoms. The second-order valence-corrected chi connectivity index (χ2v) is 11.7. The fraction of sp³-hybridized carbons (Fsp3) is 0.433. The van der Waals surface area contributed by atoms with Crippen LogP contribution in [-0.4, -0.2) is 87.3 Å². The fourth-order valence-electron chi connectivity index (χ4n) is 4.75. The highest BCUT2D eigenvalue weighted by molar-refractivity contribution is 7.89. The van der Waals surface area contributed by atoms with Gasteiger partial charge in [0.15, 0.2) is 12.4 Å². The number of carbonyl (C=O) groups is 3. The first-order valence-corrected chi connectivity index (χ1v) is 15.9. The number of nitrogens with one attached hydrogen (secondary N) is 2. The summed E-state index contributed by atoms with van der Waals surface area (Å²) < 4.78 is 44.8. The molecule has 244 valence electrons. The van der Waals surface area contributed by atoms with E-state index in [1.165, 1.54) is 25.2 Å². The van der Waals surface area contributed by atoms with Crippen LogP contribution in [0.1, 0.15) is 48.1 Å². The van der Waals surface area contributed by atoms with E-state index in [-0.39, 0.29) is 59.2 Å². The Bertz CT molecular complexity index is 1730. The lowest BCUT2D eigenvalue weighted by Gasteiger charge is -2.19. The zero-order chi connectivity index (χ0) is 33.3. The van der Waals surface area contributed by atoms with Crippen molar-refractivity contribution in [3.8, 4) is 5.69 Å². The van der Waals surface area contributed by atoms with Crippen LogP contribution in [0.15, 0.2) is 40.0 Å². The number of rotatable bonds is 14. The number of nitrogens with zero attached hydrogens (tertiary/aromatic N) is 3. The lowest BCUT2D eigenvalue weighted by Crippen LogP contribution is -2.33. The zero-order valence-electron chi connectivity index (χ0n) is 26.3. The summed E-state index contributed by atoms with van der Waals surface area (Å²) in [5.74, 6) is -1.11. The SMILES string of the molecule is CCOC(=O)c1c(C)cc2nc(COC(=O)NCCOC(=O)CN(CC)CC)n(-c3ccccc3S(=O)(=O)NC)c(=O)c2c1C. The van der Waals surface area contributed by atoms with Gasteiger partial charge >= 0.3 is 18.0 Å². The molecule has 0 saturated heterocycles. The van der Waals surface area contributed by atoms with E-state index in [0.29, 0.717) is 24.2 Å². The molecule has 1 amide bonds. The van der Waals surface area contributed by atoms with Gasteiger partial charge in [-0.25, -0.2) is 27.7 Å². The molecule has 14 nitrogen and oxygen atoms in total. The van der Waals surface area contributed by atoms with Gasteiger partial charge < -0.3 is 19.5 Å². The van der Waals surface area contributed by atoms with Crippen molar-refractivity contribution in [1.82, 2.24) is 24.5 Å². The number of ether oxygens (including phenoxy) is 3. The summed E-state index contributed by atoms with van der Waals surface area (Å²) >= 11 is 0. The Morgan fingerprint density at radius 3 is 2.36 bits per heavy atom. The first kappa shape index (κ1) is 35.1. The monoisotopic (exact) mass is 645 g/mol. The van der Waals surface area contributed by atoms with E-state index in [9.17, 15) is 27.6 Å². The summed E-state index contributed by atoms with van der Waals surface area (Å²) in [4.78, 5) is 57.7. The highest BCUT2D eigenvalue weighted by Crippen LogP contribution is 2.26. The summed E-state index contributed by atoms with van der Waals surface area (Å²) in [5.41, 5.74) is 0.522. The highest BCUT2D eigenvalue weighted by atomic mass is 32.2. The van der Waals surface area contributed by atoms with Gasteiger partial charge in [0.2, 0.25) is 10.0 Å². The van der Waals surface area contributed by atoms with Gasteiger partial charge in [-0.05, 0) is 70.2 Å². The van der Waals surface area contributed by atoms with Gasteiger partial charge in [0, 0.05) is 0 Å². The predicted octanol–water partition coefficient (Wildman–Crippen LogP) is 2.20. The van der Waals surface area contributed by atoms with Gasteiger partial charge in [-0.15, -0.1) is 0 Å². The van der Waals surface area contributed by atoms with Crippen molar-refractivity contribution >= 4 is 39.0 Å². The fourth-order valence-corrected chi connectivity index (χ4v) is 5.67. The molecule has 0 atom stereocenters. The minimum absolute atomic E-state index is 0.0287. The molecule has 3 rings (SSSR count). The number of amides is 1. The van der Waals surface area contributed by atoms with Crippen LogP contribution in [0.25, 0.3) is 16.6 Å². The molecule has 2 aromatic carbocycles. The van der Waals surface area contributed by atoms with E-state index in [1.54, 1.807) is 32.9 Å². The molecular weight excluding hydrogens is 606 g/mol. The average Bonchev–Trinajstić information content (AvgIpc) is 3.00. The van der Waals surface area contributed by atoms with E-state index in [2.05, 4.69) is 15.0 Å². The molecule has 1 aromatic heterocycles. The molecule has 2 N–H and O–H groups in total. The molecule has 0 aliphatic heterocycles. The van der Waals surface area contributed by atoms with Gasteiger partial charge in [0.25, 0.3) is 5.56 Å². The van der Waals surface area contributed by atoms with E-state index >= 15 is 0 Å². The predicted molar refractivity (Wildman–Crippen MR) is 166 cm³/mol. The van der Waals surface area contributed by atoms with E-state index in [0.717, 1.165) is 4.57 Å². The van der Waals surface area contributed by atoms with Crippen molar-refractivity contribution in [3.05, 3.63) is 63.2 Å². The van der Waals surface area contributed by atoms with Gasteiger partial charge in [-0.3, -0.25) is 19.1 Å². The van der Waals surface area contributed by atoms with E-state index < -0.39 is 40.2 Å². The van der Waals surface area contributed by atoms with Crippen molar-refractivity contribution in [2.75, 3.05) is 46.4 Å². The number of fused-ring (bicyclic) bond motifs is 1. The first-order chi connectivity index (χ1) is 21.4. The van der Waals surface area contributed by atoms with Gasteiger partial charge in [-0.2, -0.15) is 0 Å². The number of likely N-dealkylation sites (N-methyl/N-ethyl adjacent to an activating group) is 1. The maximum atomic E-state index is 14.2. The molecule has 0 fully saturated rings. The third kappa shape index (κ3) is 8.23. The van der Waals surface area contributed by atoms with E-state index in [4.69, 9.17) is 14.2 Å². The Morgan fingerprint density at radius 1 is 1.02 bits per heavy atom. The van der Waals surface area contributed by atoms with Crippen LogP contribution in [0.2, 0.25) is 0 Å². The average molecular weight is 646 g/mol. The molecule has 0 saturated carbocycles.